The van der Waals surface area contributed by atoms with Gasteiger partial charge < -0.3 is 9.88 Å². The number of carbonyl (C=O) groups excluding carboxylic acids is 1. The summed E-state index contributed by atoms with van der Waals surface area (Å²) in [5.74, 6) is -0.598. The van der Waals surface area contributed by atoms with Gasteiger partial charge in [0, 0.05) is 23.6 Å². The molecule has 0 aliphatic heterocycles. The fourth-order valence-electron chi connectivity index (χ4n) is 3.01. The van der Waals surface area contributed by atoms with Gasteiger partial charge in [-0.05, 0) is 36.4 Å². The first-order valence-electron chi connectivity index (χ1n) is 9.67. The molecule has 0 saturated carbocycles. The number of nitrogens with zero attached hydrogens (tertiary/aromatic N) is 3. The van der Waals surface area contributed by atoms with Crippen LogP contribution in [0.2, 0.25) is 5.02 Å². The zero-order chi connectivity index (χ0) is 23.4. The van der Waals surface area contributed by atoms with Crippen LogP contribution in [0, 0.1) is 0 Å². The smallest absolute Gasteiger partial charge is 0.325 e. The zero-order valence-corrected chi connectivity index (χ0v) is 18.5. The molecule has 1 amide bonds. The Hall–Kier alpha value is -3.30. The number of benzene rings is 2. The lowest BCUT2D eigenvalue weighted by molar-refractivity contribution is -0.141. The van der Waals surface area contributed by atoms with Gasteiger partial charge in [0.05, 0.1) is 22.2 Å². The predicted molar refractivity (Wildman–Crippen MR) is 123 cm³/mol. The van der Waals surface area contributed by atoms with E-state index >= 15 is 0 Å². The molecule has 0 saturated heterocycles. The van der Waals surface area contributed by atoms with Crippen LogP contribution in [-0.2, 0) is 11.0 Å². The summed E-state index contributed by atoms with van der Waals surface area (Å²) in [6.45, 7) is 0. The van der Waals surface area contributed by atoms with Gasteiger partial charge in [-0.15, -0.1) is 0 Å². The van der Waals surface area contributed by atoms with Crippen molar-refractivity contribution in [1.82, 2.24) is 14.5 Å². The minimum absolute atomic E-state index is 0.133. The van der Waals surface area contributed by atoms with Crippen LogP contribution in [0.15, 0.2) is 84.3 Å². The summed E-state index contributed by atoms with van der Waals surface area (Å²) in [5.41, 5.74) is 0.810. The maximum atomic E-state index is 13.3. The number of hydrogen-bond donors (Lipinski definition) is 1. The summed E-state index contributed by atoms with van der Waals surface area (Å²) in [6.07, 6.45) is -0.952. The third-order valence-corrected chi connectivity index (χ3v) is 5.66. The number of aromatic nitrogens is 3. The molecule has 33 heavy (non-hydrogen) atoms. The van der Waals surface area contributed by atoms with E-state index < -0.39 is 17.8 Å². The van der Waals surface area contributed by atoms with Gasteiger partial charge >= 0.3 is 6.18 Å². The molecule has 0 radical (unpaired) electrons. The number of amides is 1. The van der Waals surface area contributed by atoms with E-state index in [0.717, 1.165) is 23.5 Å². The molecule has 10 heteroatoms. The van der Waals surface area contributed by atoms with E-state index in [2.05, 4.69) is 15.3 Å². The molecule has 0 fully saturated rings. The molecular weight excluding hydrogens is 473 g/mol. The quantitative estimate of drug-likeness (QED) is 0.254. The highest BCUT2D eigenvalue weighted by molar-refractivity contribution is 7.99. The molecule has 0 unspecified atom stereocenters. The third-order valence-electron chi connectivity index (χ3n) is 4.51. The largest absolute Gasteiger partial charge is 0.433 e. The Morgan fingerprint density at radius 1 is 1.00 bits per heavy atom. The van der Waals surface area contributed by atoms with Crippen LogP contribution < -0.4 is 5.32 Å². The number of nitrogens with one attached hydrogen (secondary N) is 1. The summed E-state index contributed by atoms with van der Waals surface area (Å²) < 4.78 is 41.8. The minimum Gasteiger partial charge on any atom is -0.325 e. The Kier molecular flexibility index (Phi) is 6.71. The van der Waals surface area contributed by atoms with E-state index in [1.807, 2.05) is 29.1 Å². The van der Waals surface area contributed by atoms with Crippen LogP contribution in [0.25, 0.3) is 16.9 Å². The summed E-state index contributed by atoms with van der Waals surface area (Å²) in [6, 6.07) is 18.2. The van der Waals surface area contributed by atoms with Crippen molar-refractivity contribution in [2.75, 3.05) is 11.1 Å². The van der Waals surface area contributed by atoms with Crippen LogP contribution >= 0.6 is 23.4 Å². The lowest BCUT2D eigenvalue weighted by Gasteiger charge is -2.11. The molecule has 168 valence electrons. The number of halogens is 4. The van der Waals surface area contributed by atoms with E-state index in [-0.39, 0.29) is 16.6 Å². The molecule has 2 heterocycles. The lowest BCUT2D eigenvalue weighted by Crippen LogP contribution is -2.15. The van der Waals surface area contributed by atoms with Gasteiger partial charge in [0.1, 0.15) is 5.69 Å². The van der Waals surface area contributed by atoms with Crippen molar-refractivity contribution in [3.8, 4) is 16.9 Å². The van der Waals surface area contributed by atoms with Gasteiger partial charge in [-0.25, -0.2) is 9.97 Å². The van der Waals surface area contributed by atoms with Crippen LogP contribution in [0.4, 0.5) is 18.9 Å². The fraction of sp³-hybridized carbons (Fsp3) is 0.0870. The average molecular weight is 489 g/mol. The Balaban J connectivity index is 1.47. The van der Waals surface area contributed by atoms with Crippen molar-refractivity contribution in [2.45, 2.75) is 11.3 Å². The number of rotatable bonds is 6. The maximum Gasteiger partial charge on any atom is 0.433 e. The summed E-state index contributed by atoms with van der Waals surface area (Å²) >= 11 is 7.13. The van der Waals surface area contributed by atoms with E-state index in [4.69, 9.17) is 11.6 Å². The normalized spacial score (nSPS) is 11.4. The van der Waals surface area contributed by atoms with E-state index in [9.17, 15) is 18.0 Å². The van der Waals surface area contributed by atoms with Gasteiger partial charge in [-0.1, -0.05) is 53.7 Å². The van der Waals surface area contributed by atoms with Crippen LogP contribution in [0.5, 0.6) is 0 Å². The highest BCUT2D eigenvalue weighted by Gasteiger charge is 2.34. The minimum atomic E-state index is -4.64. The second-order valence-corrected chi connectivity index (χ2v) is 8.23. The van der Waals surface area contributed by atoms with Crippen LogP contribution in [-0.4, -0.2) is 26.2 Å². The summed E-state index contributed by atoms with van der Waals surface area (Å²) in [7, 11) is 0. The van der Waals surface area contributed by atoms with Gasteiger partial charge in [0.2, 0.25) is 5.91 Å². The van der Waals surface area contributed by atoms with Gasteiger partial charge in [0.25, 0.3) is 0 Å². The van der Waals surface area contributed by atoms with Gasteiger partial charge in [0.15, 0.2) is 5.16 Å². The Bertz CT molecular complexity index is 1260. The number of carbonyl (C=O) groups is 1. The number of thioether (sulfide) groups is 1. The first kappa shape index (κ1) is 22.9. The monoisotopic (exact) mass is 488 g/mol. The van der Waals surface area contributed by atoms with E-state index in [0.29, 0.717) is 16.3 Å². The van der Waals surface area contributed by atoms with Crippen molar-refractivity contribution in [2.24, 2.45) is 0 Å². The molecule has 0 bridgehead atoms. The Labute approximate surface area is 196 Å². The molecule has 2 aromatic heterocycles. The molecule has 4 aromatic rings. The number of hydrogen-bond acceptors (Lipinski definition) is 4. The van der Waals surface area contributed by atoms with Crippen molar-refractivity contribution >= 4 is 35.0 Å². The number of alkyl halides is 3. The third kappa shape index (κ3) is 5.74. The highest BCUT2D eigenvalue weighted by atomic mass is 35.5. The highest BCUT2D eigenvalue weighted by Crippen LogP contribution is 2.32. The molecule has 2 aromatic carbocycles. The predicted octanol–water partition coefficient (Wildman–Crippen LogP) is 6.34. The molecule has 1 N–H and O–H groups in total. The first-order chi connectivity index (χ1) is 15.8. The van der Waals surface area contributed by atoms with Gasteiger partial charge in [-0.3, -0.25) is 4.79 Å². The second-order valence-electron chi connectivity index (χ2n) is 6.88. The van der Waals surface area contributed by atoms with Crippen LogP contribution in [0.3, 0.4) is 0 Å². The van der Waals surface area contributed by atoms with Crippen LogP contribution in [0.1, 0.15) is 5.69 Å². The summed E-state index contributed by atoms with van der Waals surface area (Å²) in [5, 5.41) is 2.98. The molecule has 0 spiro atoms. The summed E-state index contributed by atoms with van der Waals surface area (Å²) in [4.78, 5) is 20.2. The molecule has 0 aliphatic rings. The standard InChI is InChI=1S/C23H16ClF3N4OS/c24-17-12-16(8-9-19(17)31-10-4-5-11-31)28-21(32)14-33-22-29-18(15-6-2-1-3-7-15)13-20(30-22)23(25,26)27/h1-13H,14H2,(H,28,32). The molecule has 0 atom stereocenters. The zero-order valence-electron chi connectivity index (χ0n) is 16.9. The molecule has 4 rings (SSSR count). The first-order valence-corrected chi connectivity index (χ1v) is 11.0. The SMILES string of the molecule is O=C(CSc1nc(-c2ccccc2)cc(C(F)(F)F)n1)Nc1ccc(-n2cccc2)c(Cl)c1. The second kappa shape index (κ2) is 9.68. The number of anilines is 1. The fourth-order valence-corrected chi connectivity index (χ4v) is 3.94. The van der Waals surface area contributed by atoms with E-state index in [1.54, 1.807) is 48.5 Å². The van der Waals surface area contributed by atoms with Crippen molar-refractivity contribution in [3.63, 3.8) is 0 Å². The van der Waals surface area contributed by atoms with Crippen molar-refractivity contribution in [1.29, 1.82) is 0 Å². The molecule has 0 aliphatic carbocycles. The van der Waals surface area contributed by atoms with Gasteiger partial charge in [-0.2, -0.15) is 13.2 Å². The van der Waals surface area contributed by atoms with Crippen molar-refractivity contribution in [3.05, 3.63) is 89.8 Å². The Morgan fingerprint density at radius 3 is 2.39 bits per heavy atom. The lowest BCUT2D eigenvalue weighted by atomic mass is 10.1. The maximum absolute atomic E-state index is 13.3. The molecule has 5 nitrogen and oxygen atoms in total. The van der Waals surface area contributed by atoms with E-state index in [1.165, 1.54) is 0 Å². The van der Waals surface area contributed by atoms with Crippen molar-refractivity contribution < 1.29 is 18.0 Å². The topological polar surface area (TPSA) is 59.8 Å². The average Bonchev–Trinajstić information content (AvgIpc) is 3.32. The Morgan fingerprint density at radius 2 is 1.73 bits per heavy atom. The molecular formula is C23H16ClF3N4OS.